The van der Waals surface area contributed by atoms with Crippen molar-refractivity contribution in [1.82, 2.24) is 0 Å². The first-order valence-corrected chi connectivity index (χ1v) is 2.92. The van der Waals surface area contributed by atoms with Crippen molar-refractivity contribution in [3.05, 3.63) is 5.21 Å². The third kappa shape index (κ3) is 2.90. The molecule has 1 unspecified atom stereocenters. The van der Waals surface area contributed by atoms with Gasteiger partial charge in [0, 0.05) is 13.3 Å². The lowest BCUT2D eigenvalue weighted by atomic mass is 10.3. The molecule has 9 heavy (non-hydrogen) atoms. The van der Waals surface area contributed by atoms with E-state index in [-0.39, 0.29) is 6.04 Å². The van der Waals surface area contributed by atoms with Gasteiger partial charge in [0.15, 0.2) is 11.3 Å². The van der Waals surface area contributed by atoms with Crippen LogP contribution in [0.1, 0.15) is 20.3 Å². The van der Waals surface area contributed by atoms with E-state index >= 15 is 0 Å². The average molecular weight is 132 g/mol. The minimum absolute atomic E-state index is 0.0926. The van der Waals surface area contributed by atoms with Gasteiger partial charge in [-0.3, -0.25) is 0 Å². The molecule has 0 aliphatic rings. The summed E-state index contributed by atoms with van der Waals surface area (Å²) in [7, 11) is 1.35. The highest BCUT2D eigenvalue weighted by molar-refractivity contribution is 4.38. The fourth-order valence-electron chi connectivity index (χ4n) is 0.317. The molecule has 0 aromatic heterocycles. The second-order valence-electron chi connectivity index (χ2n) is 1.82. The zero-order chi connectivity index (χ0) is 7.28. The second-order valence-corrected chi connectivity index (χ2v) is 1.82. The predicted molar refractivity (Wildman–Crippen MR) is 32.8 cm³/mol. The highest BCUT2D eigenvalue weighted by atomic mass is 16.7. The third-order valence-electron chi connectivity index (χ3n) is 1.13. The van der Waals surface area contributed by atoms with Crippen LogP contribution in [0.5, 0.6) is 0 Å². The van der Waals surface area contributed by atoms with Crippen molar-refractivity contribution in [2.45, 2.75) is 26.3 Å². The van der Waals surface area contributed by atoms with Gasteiger partial charge in [-0.15, -0.1) is 0 Å². The zero-order valence-electron chi connectivity index (χ0n) is 6.00. The van der Waals surface area contributed by atoms with Crippen LogP contribution in [-0.2, 0) is 4.84 Å². The van der Waals surface area contributed by atoms with E-state index in [1.807, 2.05) is 6.92 Å². The molecule has 0 aliphatic carbocycles. The Morgan fingerprint density at radius 1 is 1.78 bits per heavy atom. The van der Waals surface area contributed by atoms with Gasteiger partial charge in [0.1, 0.15) is 7.11 Å². The monoisotopic (exact) mass is 132 g/mol. The van der Waals surface area contributed by atoms with Crippen LogP contribution < -0.4 is 0 Å². The van der Waals surface area contributed by atoms with E-state index in [0.717, 1.165) is 6.42 Å². The Kier molecular flexibility index (Phi) is 3.75. The van der Waals surface area contributed by atoms with Crippen molar-refractivity contribution < 1.29 is 9.70 Å². The molecular formula is C5H12N2O2. The van der Waals surface area contributed by atoms with Crippen molar-refractivity contribution in [1.29, 1.82) is 0 Å². The van der Waals surface area contributed by atoms with E-state index in [1.54, 1.807) is 6.92 Å². The van der Waals surface area contributed by atoms with E-state index in [2.05, 4.69) is 10.1 Å². The summed E-state index contributed by atoms with van der Waals surface area (Å²) in [6, 6.07) is -0.0926. The highest BCUT2D eigenvalue weighted by Gasteiger charge is 2.06. The standard InChI is InChI=1S/C5H12N2O2/c1-4-5(2)7(8)6-9-3/h5H,4H2,1-3H3/b7-6+. The molecule has 0 amide bonds. The molecule has 0 aromatic rings. The summed E-state index contributed by atoms with van der Waals surface area (Å²) in [5.41, 5.74) is 0. The van der Waals surface area contributed by atoms with Gasteiger partial charge < -0.3 is 10.0 Å². The largest absolute Gasteiger partial charge is 0.597 e. The summed E-state index contributed by atoms with van der Waals surface area (Å²) in [5.74, 6) is 0. The third-order valence-corrected chi connectivity index (χ3v) is 1.13. The molecule has 0 saturated heterocycles. The summed E-state index contributed by atoms with van der Waals surface area (Å²) in [5, 5.41) is 13.8. The quantitative estimate of drug-likeness (QED) is 0.330. The molecule has 0 fully saturated rings. The SMILES string of the molecule is CCC(C)/[N+]([O-])=N\OC. The molecule has 4 heteroatoms. The molecule has 0 rings (SSSR count). The molecule has 0 aromatic carbocycles. The van der Waals surface area contributed by atoms with Gasteiger partial charge in [0.25, 0.3) is 0 Å². The Labute approximate surface area is 54.7 Å². The first kappa shape index (κ1) is 8.20. The molecular weight excluding hydrogens is 120 g/mol. The minimum Gasteiger partial charge on any atom is -0.597 e. The number of hydrogen-bond donors (Lipinski definition) is 0. The molecule has 0 N–H and O–H groups in total. The Hall–Kier alpha value is -0.800. The van der Waals surface area contributed by atoms with Gasteiger partial charge in [-0.25, -0.2) is 0 Å². The van der Waals surface area contributed by atoms with Crippen molar-refractivity contribution in [2.24, 2.45) is 5.28 Å². The maximum Gasteiger partial charge on any atom is 0.199 e. The molecule has 0 saturated carbocycles. The van der Waals surface area contributed by atoms with Crippen LogP contribution in [0.2, 0.25) is 0 Å². The van der Waals surface area contributed by atoms with Crippen molar-refractivity contribution in [3.63, 3.8) is 0 Å². The average Bonchev–Trinajstić information content (AvgIpc) is 1.87. The first-order valence-electron chi connectivity index (χ1n) is 2.92. The van der Waals surface area contributed by atoms with Crippen molar-refractivity contribution in [3.8, 4) is 0 Å². The topological polar surface area (TPSA) is 47.7 Å². The van der Waals surface area contributed by atoms with Crippen LogP contribution in [0, 0.1) is 5.21 Å². The molecule has 0 aliphatic heterocycles. The fourth-order valence-corrected chi connectivity index (χ4v) is 0.317. The van der Waals surface area contributed by atoms with Crippen LogP contribution in [-0.4, -0.2) is 18.0 Å². The molecule has 1 atom stereocenters. The minimum atomic E-state index is -0.0926. The van der Waals surface area contributed by atoms with Gasteiger partial charge in [0.2, 0.25) is 0 Å². The number of nitrogens with zero attached hydrogens (tertiary/aromatic N) is 2. The van der Waals surface area contributed by atoms with Crippen LogP contribution >= 0.6 is 0 Å². The molecule has 0 bridgehead atoms. The molecule has 0 radical (unpaired) electrons. The lowest BCUT2D eigenvalue weighted by Gasteiger charge is -2.03. The van der Waals surface area contributed by atoms with Gasteiger partial charge in [-0.05, 0) is 0 Å². The molecule has 4 nitrogen and oxygen atoms in total. The Balaban J connectivity index is 3.70. The van der Waals surface area contributed by atoms with E-state index in [1.165, 1.54) is 7.11 Å². The summed E-state index contributed by atoms with van der Waals surface area (Å²) >= 11 is 0. The molecule has 54 valence electrons. The second kappa shape index (κ2) is 4.12. The number of hydrogen-bond acceptors (Lipinski definition) is 3. The van der Waals surface area contributed by atoms with Gasteiger partial charge >= 0.3 is 0 Å². The van der Waals surface area contributed by atoms with Gasteiger partial charge in [-0.1, -0.05) is 11.8 Å². The van der Waals surface area contributed by atoms with E-state index in [4.69, 9.17) is 0 Å². The van der Waals surface area contributed by atoms with Crippen molar-refractivity contribution >= 4 is 0 Å². The Bertz CT molecular complexity index is 103. The molecule has 0 spiro atoms. The number of hydroxylamine groups is 1. The van der Waals surface area contributed by atoms with Crippen LogP contribution in [0.3, 0.4) is 0 Å². The van der Waals surface area contributed by atoms with E-state index < -0.39 is 0 Å². The highest BCUT2D eigenvalue weighted by Crippen LogP contribution is 1.94. The summed E-state index contributed by atoms with van der Waals surface area (Å²) in [6.07, 6.45) is 0.774. The smallest absolute Gasteiger partial charge is 0.199 e. The van der Waals surface area contributed by atoms with Crippen molar-refractivity contribution in [2.75, 3.05) is 7.11 Å². The van der Waals surface area contributed by atoms with Crippen LogP contribution in [0.4, 0.5) is 0 Å². The fraction of sp³-hybridized carbons (Fsp3) is 1.00. The molecule has 0 heterocycles. The van der Waals surface area contributed by atoms with Gasteiger partial charge in [0.05, 0.1) is 0 Å². The first-order chi connectivity index (χ1) is 4.22. The normalized spacial score (nSPS) is 15.2. The summed E-state index contributed by atoms with van der Waals surface area (Å²) < 4.78 is 0. The van der Waals surface area contributed by atoms with E-state index in [0.29, 0.717) is 4.86 Å². The van der Waals surface area contributed by atoms with Gasteiger partial charge in [-0.2, -0.15) is 0 Å². The summed E-state index contributed by atoms with van der Waals surface area (Å²) in [6.45, 7) is 3.70. The lowest BCUT2D eigenvalue weighted by molar-refractivity contribution is -0.589. The summed E-state index contributed by atoms with van der Waals surface area (Å²) in [4.78, 5) is 4.82. The maximum atomic E-state index is 10.6. The maximum absolute atomic E-state index is 10.6. The number of rotatable bonds is 3. The predicted octanol–water partition coefficient (Wildman–Crippen LogP) is 1.31. The zero-order valence-corrected chi connectivity index (χ0v) is 6.00. The van der Waals surface area contributed by atoms with E-state index in [9.17, 15) is 5.21 Å². The Morgan fingerprint density at radius 3 is 2.67 bits per heavy atom. The van der Waals surface area contributed by atoms with Crippen LogP contribution in [0.25, 0.3) is 0 Å². The lowest BCUT2D eigenvalue weighted by Crippen LogP contribution is -2.14. The Morgan fingerprint density at radius 2 is 2.33 bits per heavy atom. The van der Waals surface area contributed by atoms with Crippen LogP contribution in [0.15, 0.2) is 5.28 Å².